The Balaban J connectivity index is 1.82. The van der Waals surface area contributed by atoms with E-state index in [1.54, 1.807) is 6.20 Å². The summed E-state index contributed by atoms with van der Waals surface area (Å²) in [7, 11) is 2.08. The maximum Gasteiger partial charge on any atom is 0.131 e. The van der Waals surface area contributed by atoms with Crippen LogP contribution in [-0.2, 0) is 0 Å². The first-order valence-electron chi connectivity index (χ1n) is 5.87. The highest BCUT2D eigenvalue weighted by Crippen LogP contribution is 2.13. The molecule has 4 heteroatoms. The Morgan fingerprint density at radius 2 is 2.00 bits per heavy atom. The van der Waals surface area contributed by atoms with Gasteiger partial charge in [-0.3, -0.25) is 0 Å². The molecule has 0 fully saturated rings. The van der Waals surface area contributed by atoms with Crippen molar-refractivity contribution in [3.63, 3.8) is 0 Å². The number of para-hydroxylation sites is 1. The molecule has 0 atom stereocenters. The average molecular weight is 262 g/mol. The molecular formula is C14H16ClN3. The lowest BCUT2D eigenvalue weighted by Gasteiger charge is -2.19. The van der Waals surface area contributed by atoms with E-state index in [0.29, 0.717) is 5.15 Å². The molecule has 0 amide bonds. The molecule has 0 aliphatic heterocycles. The lowest BCUT2D eigenvalue weighted by Crippen LogP contribution is -2.24. The van der Waals surface area contributed by atoms with E-state index < -0.39 is 0 Å². The van der Waals surface area contributed by atoms with Crippen LogP contribution in [-0.4, -0.2) is 25.1 Å². The Labute approximate surface area is 112 Å². The molecule has 1 N–H and O–H groups in total. The van der Waals surface area contributed by atoms with Gasteiger partial charge in [0.05, 0.1) is 0 Å². The highest BCUT2D eigenvalue weighted by atomic mass is 35.5. The molecule has 0 unspecified atom stereocenters. The number of anilines is 2. The Morgan fingerprint density at radius 3 is 2.72 bits per heavy atom. The van der Waals surface area contributed by atoms with E-state index in [-0.39, 0.29) is 0 Å². The number of nitrogens with one attached hydrogen (secondary N) is 1. The van der Waals surface area contributed by atoms with E-state index in [9.17, 15) is 0 Å². The van der Waals surface area contributed by atoms with Gasteiger partial charge in [-0.05, 0) is 24.3 Å². The van der Waals surface area contributed by atoms with Crippen molar-refractivity contribution >= 4 is 23.0 Å². The fraction of sp³-hybridized carbons (Fsp3) is 0.214. The predicted octanol–water partition coefficient (Wildman–Crippen LogP) is 3.28. The smallest absolute Gasteiger partial charge is 0.131 e. The minimum atomic E-state index is 0.511. The van der Waals surface area contributed by atoms with Crippen LogP contribution >= 0.6 is 11.6 Å². The molecule has 0 bridgehead atoms. The van der Waals surface area contributed by atoms with Gasteiger partial charge in [-0.25, -0.2) is 4.98 Å². The normalized spacial score (nSPS) is 10.1. The van der Waals surface area contributed by atoms with Crippen LogP contribution in [0.1, 0.15) is 0 Å². The summed E-state index contributed by atoms with van der Waals surface area (Å²) in [5.74, 6) is 0. The van der Waals surface area contributed by atoms with Crippen molar-refractivity contribution in [1.29, 1.82) is 0 Å². The molecular weight excluding hydrogens is 246 g/mol. The van der Waals surface area contributed by atoms with Gasteiger partial charge in [0, 0.05) is 37.7 Å². The average Bonchev–Trinajstić information content (AvgIpc) is 2.40. The monoisotopic (exact) mass is 261 g/mol. The second-order valence-electron chi connectivity index (χ2n) is 4.05. The quantitative estimate of drug-likeness (QED) is 0.838. The van der Waals surface area contributed by atoms with Gasteiger partial charge in [-0.1, -0.05) is 29.8 Å². The standard InChI is InChI=1S/C14H16ClN3/c1-18(13-5-3-2-4-6-13)10-9-16-12-7-8-17-14(15)11-12/h2-8,11H,9-10H2,1H3,(H,16,17). The molecule has 0 saturated carbocycles. The molecule has 2 aromatic rings. The van der Waals surface area contributed by atoms with Crippen LogP contribution in [0, 0.1) is 0 Å². The molecule has 0 aliphatic carbocycles. The summed E-state index contributed by atoms with van der Waals surface area (Å²) in [4.78, 5) is 6.15. The highest BCUT2D eigenvalue weighted by molar-refractivity contribution is 6.29. The lowest BCUT2D eigenvalue weighted by atomic mass is 10.3. The summed E-state index contributed by atoms with van der Waals surface area (Å²) in [5.41, 5.74) is 2.21. The van der Waals surface area contributed by atoms with Crippen molar-refractivity contribution in [2.24, 2.45) is 0 Å². The molecule has 3 nitrogen and oxygen atoms in total. The van der Waals surface area contributed by atoms with E-state index in [4.69, 9.17) is 11.6 Å². The summed E-state index contributed by atoms with van der Waals surface area (Å²) in [6.45, 7) is 1.77. The number of hydrogen-bond donors (Lipinski definition) is 1. The highest BCUT2D eigenvalue weighted by Gasteiger charge is 1.99. The third-order valence-electron chi connectivity index (χ3n) is 2.70. The number of rotatable bonds is 5. The Morgan fingerprint density at radius 1 is 1.22 bits per heavy atom. The molecule has 18 heavy (non-hydrogen) atoms. The zero-order valence-electron chi connectivity index (χ0n) is 10.3. The van der Waals surface area contributed by atoms with Crippen LogP contribution in [0.25, 0.3) is 0 Å². The van der Waals surface area contributed by atoms with Gasteiger partial charge in [0.25, 0.3) is 0 Å². The third-order valence-corrected chi connectivity index (χ3v) is 2.91. The summed E-state index contributed by atoms with van der Waals surface area (Å²) >= 11 is 5.82. The molecule has 0 spiro atoms. The van der Waals surface area contributed by atoms with Gasteiger partial charge in [0.2, 0.25) is 0 Å². The maximum absolute atomic E-state index is 5.82. The first kappa shape index (κ1) is 12.7. The van der Waals surface area contributed by atoms with E-state index in [0.717, 1.165) is 18.8 Å². The van der Waals surface area contributed by atoms with Crippen molar-refractivity contribution in [1.82, 2.24) is 4.98 Å². The SMILES string of the molecule is CN(CCNc1ccnc(Cl)c1)c1ccccc1. The van der Waals surface area contributed by atoms with Gasteiger partial charge < -0.3 is 10.2 Å². The molecule has 2 rings (SSSR count). The van der Waals surface area contributed by atoms with E-state index in [1.807, 2.05) is 30.3 Å². The van der Waals surface area contributed by atoms with E-state index >= 15 is 0 Å². The maximum atomic E-state index is 5.82. The van der Waals surface area contributed by atoms with Crippen molar-refractivity contribution in [2.45, 2.75) is 0 Å². The van der Waals surface area contributed by atoms with Gasteiger partial charge in [0.15, 0.2) is 0 Å². The molecule has 1 aromatic heterocycles. The van der Waals surface area contributed by atoms with Gasteiger partial charge in [-0.15, -0.1) is 0 Å². The Hall–Kier alpha value is -1.74. The number of nitrogens with zero attached hydrogens (tertiary/aromatic N) is 2. The fourth-order valence-electron chi connectivity index (χ4n) is 1.69. The van der Waals surface area contributed by atoms with Crippen molar-refractivity contribution < 1.29 is 0 Å². The lowest BCUT2D eigenvalue weighted by molar-refractivity contribution is 0.914. The van der Waals surface area contributed by atoms with Gasteiger partial charge in [-0.2, -0.15) is 0 Å². The number of halogens is 1. The summed E-state index contributed by atoms with van der Waals surface area (Å²) < 4.78 is 0. The Kier molecular flexibility index (Phi) is 4.42. The number of hydrogen-bond acceptors (Lipinski definition) is 3. The molecule has 0 saturated heterocycles. The first-order valence-corrected chi connectivity index (χ1v) is 6.25. The zero-order chi connectivity index (χ0) is 12.8. The molecule has 1 heterocycles. The van der Waals surface area contributed by atoms with E-state index in [1.165, 1.54) is 5.69 Å². The summed E-state index contributed by atoms with van der Waals surface area (Å²) in [5, 5.41) is 3.83. The second kappa shape index (κ2) is 6.26. The van der Waals surface area contributed by atoms with Crippen molar-refractivity contribution in [3.8, 4) is 0 Å². The van der Waals surface area contributed by atoms with Crippen LogP contribution in [0.4, 0.5) is 11.4 Å². The molecule has 0 radical (unpaired) electrons. The minimum Gasteiger partial charge on any atom is -0.383 e. The summed E-state index contributed by atoms with van der Waals surface area (Å²) in [6.07, 6.45) is 1.70. The number of pyridine rings is 1. The zero-order valence-corrected chi connectivity index (χ0v) is 11.1. The van der Waals surface area contributed by atoms with Crippen LogP contribution in [0.2, 0.25) is 5.15 Å². The third kappa shape index (κ3) is 3.64. The summed E-state index contributed by atoms with van der Waals surface area (Å²) in [6, 6.07) is 14.0. The number of aromatic nitrogens is 1. The first-order chi connectivity index (χ1) is 8.75. The van der Waals surface area contributed by atoms with Crippen LogP contribution in [0.3, 0.4) is 0 Å². The van der Waals surface area contributed by atoms with Gasteiger partial charge in [0.1, 0.15) is 5.15 Å². The van der Waals surface area contributed by atoms with E-state index in [2.05, 4.69) is 34.4 Å². The number of likely N-dealkylation sites (N-methyl/N-ethyl adjacent to an activating group) is 1. The predicted molar refractivity (Wildman–Crippen MR) is 77.4 cm³/mol. The molecule has 1 aromatic carbocycles. The van der Waals surface area contributed by atoms with Crippen LogP contribution in [0.5, 0.6) is 0 Å². The van der Waals surface area contributed by atoms with Crippen LogP contribution < -0.4 is 10.2 Å². The number of benzene rings is 1. The van der Waals surface area contributed by atoms with Crippen molar-refractivity contribution in [2.75, 3.05) is 30.4 Å². The topological polar surface area (TPSA) is 28.2 Å². The van der Waals surface area contributed by atoms with Gasteiger partial charge >= 0.3 is 0 Å². The fourth-order valence-corrected chi connectivity index (χ4v) is 1.87. The second-order valence-corrected chi connectivity index (χ2v) is 4.44. The minimum absolute atomic E-state index is 0.511. The Bertz CT molecular complexity index is 487. The largest absolute Gasteiger partial charge is 0.383 e. The molecule has 0 aliphatic rings. The van der Waals surface area contributed by atoms with Crippen molar-refractivity contribution in [3.05, 3.63) is 53.8 Å². The van der Waals surface area contributed by atoms with Crippen LogP contribution in [0.15, 0.2) is 48.7 Å². The molecule has 94 valence electrons.